The lowest BCUT2D eigenvalue weighted by Gasteiger charge is -2.22. The summed E-state index contributed by atoms with van der Waals surface area (Å²) in [7, 11) is 0. The van der Waals surface area contributed by atoms with Crippen molar-refractivity contribution >= 4 is 0 Å². The largest absolute Gasteiger partial charge is 0.392 e. The van der Waals surface area contributed by atoms with Crippen molar-refractivity contribution < 1.29 is 14.9 Å². The van der Waals surface area contributed by atoms with E-state index in [2.05, 4.69) is 5.92 Å². The predicted molar refractivity (Wildman–Crippen MR) is 38.3 cm³/mol. The Bertz CT molecular complexity index is 189. The number of terminal acetylenes is 1. The van der Waals surface area contributed by atoms with Crippen molar-refractivity contribution in [3.8, 4) is 12.3 Å². The molecular weight excluding hydrogens is 146 g/mol. The van der Waals surface area contributed by atoms with Gasteiger partial charge in [0.15, 0.2) is 5.60 Å². The van der Waals surface area contributed by atoms with Crippen LogP contribution in [-0.4, -0.2) is 34.8 Å². The summed E-state index contributed by atoms with van der Waals surface area (Å²) >= 11 is 0. The van der Waals surface area contributed by atoms with Crippen LogP contribution in [0.15, 0.2) is 0 Å². The van der Waals surface area contributed by atoms with Gasteiger partial charge in [0.1, 0.15) is 12.3 Å². The van der Waals surface area contributed by atoms with E-state index >= 15 is 0 Å². The Kier molecular flexibility index (Phi) is 2.16. The van der Waals surface area contributed by atoms with Crippen LogP contribution in [0, 0.1) is 12.3 Å². The molecule has 0 spiro atoms. The van der Waals surface area contributed by atoms with Gasteiger partial charge in [0.2, 0.25) is 0 Å². The predicted octanol–water partition coefficient (Wildman–Crippen LogP) is -1.58. The van der Waals surface area contributed by atoms with E-state index in [1.807, 2.05) is 0 Å². The van der Waals surface area contributed by atoms with Crippen LogP contribution in [0.4, 0.5) is 0 Å². The molecule has 3 atom stereocenters. The van der Waals surface area contributed by atoms with E-state index < -0.39 is 24.5 Å². The van der Waals surface area contributed by atoms with Gasteiger partial charge in [-0.05, 0) is 0 Å². The van der Waals surface area contributed by atoms with Gasteiger partial charge in [-0.3, -0.25) is 0 Å². The molecule has 0 aromatic carbocycles. The van der Waals surface area contributed by atoms with Gasteiger partial charge in [0, 0.05) is 6.42 Å². The number of aliphatic hydroxyl groups excluding tert-OH is 2. The molecule has 4 nitrogen and oxygen atoms in total. The van der Waals surface area contributed by atoms with Crippen LogP contribution in [0.1, 0.15) is 6.42 Å². The zero-order chi connectivity index (χ0) is 8.48. The lowest BCUT2D eigenvalue weighted by atomic mass is 9.99. The number of nitrogens with two attached hydrogens (primary N) is 1. The lowest BCUT2D eigenvalue weighted by Crippen LogP contribution is -2.42. The molecule has 0 bridgehead atoms. The van der Waals surface area contributed by atoms with Gasteiger partial charge in [-0.1, -0.05) is 5.92 Å². The summed E-state index contributed by atoms with van der Waals surface area (Å²) in [5, 5.41) is 18.1. The van der Waals surface area contributed by atoms with E-state index in [-0.39, 0.29) is 6.42 Å². The fourth-order valence-corrected chi connectivity index (χ4v) is 1.13. The number of hydrogen-bond donors (Lipinski definition) is 3. The molecular formula is C7H11NO3. The second-order valence-electron chi connectivity index (χ2n) is 2.60. The monoisotopic (exact) mass is 157 g/mol. The summed E-state index contributed by atoms with van der Waals surface area (Å²) in [5.74, 6) is 2.21. The summed E-state index contributed by atoms with van der Waals surface area (Å²) in [4.78, 5) is 0. The molecule has 0 saturated carbocycles. The van der Waals surface area contributed by atoms with Gasteiger partial charge in [0.25, 0.3) is 0 Å². The van der Waals surface area contributed by atoms with Crippen LogP contribution in [0.5, 0.6) is 0 Å². The molecule has 62 valence electrons. The van der Waals surface area contributed by atoms with E-state index in [1.165, 1.54) is 0 Å². The Morgan fingerprint density at radius 3 is 2.64 bits per heavy atom. The summed E-state index contributed by atoms with van der Waals surface area (Å²) < 4.78 is 5.00. The van der Waals surface area contributed by atoms with Crippen molar-refractivity contribution in [3.05, 3.63) is 0 Å². The molecule has 0 unspecified atom stereocenters. The molecule has 0 aromatic heterocycles. The van der Waals surface area contributed by atoms with Crippen molar-refractivity contribution in [1.82, 2.24) is 0 Å². The average molecular weight is 157 g/mol. The first kappa shape index (κ1) is 8.50. The maximum Gasteiger partial charge on any atom is 0.178 e. The van der Waals surface area contributed by atoms with Crippen LogP contribution in [0.25, 0.3) is 0 Å². The Balaban J connectivity index is 2.78. The standard InChI is InChI=1S/C7H11NO3/c1-2-7(4-9)5(10)3-6(8)11-7/h1,5-6,9-10H,3-4,8H2/t5-,6+,7+/m0/s1. The van der Waals surface area contributed by atoms with Gasteiger partial charge in [-0.2, -0.15) is 0 Å². The van der Waals surface area contributed by atoms with Crippen molar-refractivity contribution in [1.29, 1.82) is 0 Å². The first-order valence-corrected chi connectivity index (χ1v) is 3.34. The zero-order valence-electron chi connectivity index (χ0n) is 6.03. The van der Waals surface area contributed by atoms with Crippen LogP contribution in [-0.2, 0) is 4.74 Å². The highest BCUT2D eigenvalue weighted by Crippen LogP contribution is 2.27. The molecule has 0 amide bonds. The number of hydrogen-bond acceptors (Lipinski definition) is 4. The van der Waals surface area contributed by atoms with Gasteiger partial charge < -0.3 is 20.7 Å². The molecule has 11 heavy (non-hydrogen) atoms. The molecule has 4 heteroatoms. The molecule has 1 rings (SSSR count). The van der Waals surface area contributed by atoms with Crippen molar-refractivity contribution in [2.45, 2.75) is 24.4 Å². The SMILES string of the molecule is C#C[C@]1(CO)O[C@@H](N)C[C@@H]1O. The Morgan fingerprint density at radius 1 is 1.82 bits per heavy atom. The van der Waals surface area contributed by atoms with E-state index in [4.69, 9.17) is 22.0 Å². The molecule has 0 aromatic rings. The van der Waals surface area contributed by atoms with Crippen LogP contribution < -0.4 is 5.73 Å². The second kappa shape index (κ2) is 2.80. The quantitative estimate of drug-likeness (QED) is 0.401. The molecule has 1 fully saturated rings. The van der Waals surface area contributed by atoms with E-state index in [0.29, 0.717) is 0 Å². The lowest BCUT2D eigenvalue weighted by molar-refractivity contribution is -0.0696. The second-order valence-corrected chi connectivity index (χ2v) is 2.60. The van der Waals surface area contributed by atoms with Crippen LogP contribution >= 0.6 is 0 Å². The first-order chi connectivity index (χ1) is 5.14. The third-order valence-corrected chi connectivity index (χ3v) is 1.83. The van der Waals surface area contributed by atoms with Crippen molar-refractivity contribution in [3.63, 3.8) is 0 Å². The van der Waals surface area contributed by atoms with E-state index in [0.717, 1.165) is 0 Å². The maximum atomic E-state index is 9.30. The van der Waals surface area contributed by atoms with E-state index in [1.54, 1.807) is 0 Å². The fourth-order valence-electron chi connectivity index (χ4n) is 1.13. The van der Waals surface area contributed by atoms with Crippen LogP contribution in [0.3, 0.4) is 0 Å². The third-order valence-electron chi connectivity index (χ3n) is 1.83. The van der Waals surface area contributed by atoms with Gasteiger partial charge in [0.05, 0.1) is 6.61 Å². The molecule has 4 N–H and O–H groups in total. The minimum atomic E-state index is -1.28. The highest BCUT2D eigenvalue weighted by Gasteiger charge is 2.45. The average Bonchev–Trinajstić information content (AvgIpc) is 2.27. The normalized spacial score (nSPS) is 43.8. The molecule has 1 heterocycles. The van der Waals surface area contributed by atoms with Crippen molar-refractivity contribution in [2.75, 3.05) is 6.61 Å². The smallest absolute Gasteiger partial charge is 0.178 e. The summed E-state index contributed by atoms with van der Waals surface area (Å²) in [6.07, 6.45) is 3.91. The Morgan fingerprint density at radius 2 is 2.45 bits per heavy atom. The van der Waals surface area contributed by atoms with E-state index in [9.17, 15) is 5.11 Å². The summed E-state index contributed by atoms with van der Waals surface area (Å²) in [6.45, 7) is -0.404. The van der Waals surface area contributed by atoms with Crippen LogP contribution in [0.2, 0.25) is 0 Å². The Hall–Kier alpha value is -0.600. The number of aliphatic hydroxyl groups is 2. The maximum absolute atomic E-state index is 9.30. The molecule has 1 saturated heterocycles. The molecule has 0 radical (unpaired) electrons. The number of rotatable bonds is 1. The fraction of sp³-hybridized carbons (Fsp3) is 0.714. The highest BCUT2D eigenvalue weighted by atomic mass is 16.6. The minimum Gasteiger partial charge on any atom is -0.392 e. The van der Waals surface area contributed by atoms with Gasteiger partial charge >= 0.3 is 0 Å². The van der Waals surface area contributed by atoms with Crippen molar-refractivity contribution in [2.24, 2.45) is 5.73 Å². The summed E-state index contributed by atoms with van der Waals surface area (Å²) in [6, 6.07) is 0. The topological polar surface area (TPSA) is 75.7 Å². The molecule has 0 aliphatic carbocycles. The zero-order valence-corrected chi connectivity index (χ0v) is 6.03. The third kappa shape index (κ3) is 1.24. The minimum absolute atomic E-state index is 0.269. The number of ether oxygens (including phenoxy) is 1. The summed E-state index contributed by atoms with van der Waals surface area (Å²) in [5.41, 5.74) is 4.08. The van der Waals surface area contributed by atoms with Gasteiger partial charge in [-0.15, -0.1) is 6.42 Å². The Labute approximate surface area is 65.0 Å². The first-order valence-electron chi connectivity index (χ1n) is 3.34. The molecule has 1 aliphatic rings. The molecule has 1 aliphatic heterocycles. The van der Waals surface area contributed by atoms with Gasteiger partial charge in [-0.25, -0.2) is 0 Å². The highest BCUT2D eigenvalue weighted by molar-refractivity contribution is 5.15.